The van der Waals surface area contributed by atoms with Gasteiger partial charge in [-0.05, 0) is 160 Å². The van der Waals surface area contributed by atoms with Crippen LogP contribution in [0.15, 0.2) is 158 Å². The SMILES string of the molecule is c1ccc2c3c(ccc2c1)-c1ccc(-c2c4ccccc4c(-c4cccc5c4ccc4ccccc45)c4ccccc24)cc1C31C2CC3CC(C2)CC1C3. The molecule has 0 heterocycles. The third-order valence-electron chi connectivity index (χ3n) is 14.8. The van der Waals surface area contributed by atoms with E-state index in [0.717, 1.165) is 11.8 Å². The largest absolute Gasteiger partial charge is 0.0616 e. The fraction of sp³-hybridized carbons (Fsp3) is 0.185. The van der Waals surface area contributed by atoms with E-state index in [1.807, 2.05) is 0 Å². The molecule has 1 spiro atoms. The van der Waals surface area contributed by atoms with Crippen molar-refractivity contribution in [3.63, 3.8) is 0 Å². The van der Waals surface area contributed by atoms with Gasteiger partial charge in [-0.2, -0.15) is 0 Å². The number of hydrogen-bond donors (Lipinski definition) is 0. The average Bonchev–Trinajstić information content (AvgIpc) is 3.52. The first-order chi connectivity index (χ1) is 26.8. The van der Waals surface area contributed by atoms with Crippen molar-refractivity contribution < 1.29 is 0 Å². The maximum atomic E-state index is 2.70. The molecule has 4 fully saturated rings. The van der Waals surface area contributed by atoms with E-state index < -0.39 is 0 Å². The highest BCUT2D eigenvalue weighted by atomic mass is 14.6. The Hall–Kier alpha value is -5.72. The number of benzene rings is 9. The van der Waals surface area contributed by atoms with Crippen LogP contribution < -0.4 is 0 Å². The van der Waals surface area contributed by atoms with Crippen LogP contribution in [0.4, 0.5) is 0 Å². The molecular weight excluding hydrogens is 649 g/mol. The summed E-state index contributed by atoms with van der Waals surface area (Å²) in [5.74, 6) is 3.26. The van der Waals surface area contributed by atoms with Crippen LogP contribution in [0.3, 0.4) is 0 Å². The Kier molecular flexibility index (Phi) is 5.89. The summed E-state index contributed by atoms with van der Waals surface area (Å²) in [6.45, 7) is 0. The molecule has 9 aromatic carbocycles. The second kappa shape index (κ2) is 10.7. The Morgan fingerprint density at radius 2 is 0.889 bits per heavy atom. The summed E-state index contributed by atoms with van der Waals surface area (Å²) in [7, 11) is 0. The van der Waals surface area contributed by atoms with Gasteiger partial charge in [-0.15, -0.1) is 0 Å². The molecule has 54 heavy (non-hydrogen) atoms. The molecule has 9 aromatic rings. The molecule has 0 aliphatic heterocycles. The molecule has 0 N–H and O–H groups in total. The molecule has 0 atom stereocenters. The molecule has 0 heteroatoms. The fourth-order valence-corrected chi connectivity index (χ4v) is 13.1. The molecule has 256 valence electrons. The minimum Gasteiger partial charge on any atom is -0.0616 e. The van der Waals surface area contributed by atoms with Crippen LogP contribution in [0.5, 0.6) is 0 Å². The van der Waals surface area contributed by atoms with Crippen LogP contribution in [0.2, 0.25) is 0 Å². The van der Waals surface area contributed by atoms with Gasteiger partial charge in [0.2, 0.25) is 0 Å². The van der Waals surface area contributed by atoms with E-state index in [1.54, 1.807) is 11.1 Å². The van der Waals surface area contributed by atoms with Gasteiger partial charge in [-0.25, -0.2) is 0 Å². The summed E-state index contributed by atoms with van der Waals surface area (Å²) >= 11 is 0. The van der Waals surface area contributed by atoms with E-state index in [9.17, 15) is 0 Å². The minimum absolute atomic E-state index is 0.0895. The van der Waals surface area contributed by atoms with Gasteiger partial charge in [-0.3, -0.25) is 0 Å². The van der Waals surface area contributed by atoms with Gasteiger partial charge < -0.3 is 0 Å². The molecule has 14 rings (SSSR count). The Balaban J connectivity index is 1.10. The number of fused-ring (bicyclic) bond motifs is 10. The number of rotatable bonds is 2. The molecule has 0 aromatic heterocycles. The molecule has 0 saturated heterocycles. The van der Waals surface area contributed by atoms with E-state index in [-0.39, 0.29) is 5.41 Å². The van der Waals surface area contributed by atoms with Crippen LogP contribution in [0, 0.1) is 23.7 Å². The van der Waals surface area contributed by atoms with E-state index in [1.165, 1.54) is 119 Å². The van der Waals surface area contributed by atoms with Gasteiger partial charge in [0, 0.05) is 5.41 Å². The van der Waals surface area contributed by atoms with Gasteiger partial charge in [-0.1, -0.05) is 152 Å². The normalized spacial score (nSPS) is 23.6. The molecule has 0 nitrogen and oxygen atoms in total. The van der Waals surface area contributed by atoms with Crippen LogP contribution in [-0.4, -0.2) is 0 Å². The Labute approximate surface area is 316 Å². The summed E-state index contributed by atoms with van der Waals surface area (Å²) < 4.78 is 0. The van der Waals surface area contributed by atoms with Gasteiger partial charge in [0.1, 0.15) is 0 Å². The molecular formula is C54H40. The number of hydrogen-bond acceptors (Lipinski definition) is 0. The summed E-state index contributed by atoms with van der Waals surface area (Å²) in [4.78, 5) is 0. The van der Waals surface area contributed by atoms with Crippen LogP contribution in [0.1, 0.15) is 43.2 Å². The summed E-state index contributed by atoms with van der Waals surface area (Å²) in [5.41, 5.74) is 11.7. The van der Waals surface area contributed by atoms with Crippen molar-refractivity contribution in [3.8, 4) is 33.4 Å². The molecule has 0 amide bonds. The van der Waals surface area contributed by atoms with Crippen molar-refractivity contribution in [1.82, 2.24) is 0 Å². The zero-order valence-electron chi connectivity index (χ0n) is 30.4. The van der Waals surface area contributed by atoms with Gasteiger partial charge in [0.05, 0.1) is 0 Å². The third kappa shape index (κ3) is 3.74. The van der Waals surface area contributed by atoms with Crippen LogP contribution >= 0.6 is 0 Å². The van der Waals surface area contributed by atoms with Crippen molar-refractivity contribution in [2.24, 2.45) is 23.7 Å². The molecule has 0 unspecified atom stereocenters. The molecule has 0 radical (unpaired) electrons. The van der Waals surface area contributed by atoms with Gasteiger partial charge >= 0.3 is 0 Å². The van der Waals surface area contributed by atoms with Crippen LogP contribution in [-0.2, 0) is 5.41 Å². The van der Waals surface area contributed by atoms with Crippen molar-refractivity contribution in [2.75, 3.05) is 0 Å². The van der Waals surface area contributed by atoms with E-state index in [2.05, 4.69) is 158 Å². The predicted octanol–water partition coefficient (Wildman–Crippen LogP) is 14.5. The highest BCUT2D eigenvalue weighted by Gasteiger charge is 2.62. The highest BCUT2D eigenvalue weighted by molar-refractivity contribution is 6.25. The summed E-state index contributed by atoms with van der Waals surface area (Å²) in [6, 6.07) is 60.6. The maximum Gasteiger partial charge on any atom is 0.0278 e. The van der Waals surface area contributed by atoms with E-state index in [4.69, 9.17) is 0 Å². The topological polar surface area (TPSA) is 0 Å². The predicted molar refractivity (Wildman–Crippen MR) is 228 cm³/mol. The fourth-order valence-electron chi connectivity index (χ4n) is 13.1. The Morgan fingerprint density at radius 1 is 0.352 bits per heavy atom. The lowest BCUT2D eigenvalue weighted by molar-refractivity contribution is -0.0393. The molecule has 4 saturated carbocycles. The molecule has 5 aliphatic rings. The highest BCUT2D eigenvalue weighted by Crippen LogP contribution is 2.70. The first kappa shape index (κ1) is 29.7. The summed E-state index contributed by atoms with van der Waals surface area (Å²) in [5, 5.41) is 13.4. The zero-order valence-corrected chi connectivity index (χ0v) is 30.4. The Morgan fingerprint density at radius 3 is 1.57 bits per heavy atom. The van der Waals surface area contributed by atoms with Crippen molar-refractivity contribution >= 4 is 53.9 Å². The molecule has 5 aliphatic carbocycles. The quantitative estimate of drug-likeness (QED) is 0.125. The van der Waals surface area contributed by atoms with Gasteiger partial charge in [0.15, 0.2) is 0 Å². The summed E-state index contributed by atoms with van der Waals surface area (Å²) in [6.07, 6.45) is 7.02. The lowest BCUT2D eigenvalue weighted by Crippen LogP contribution is -2.55. The maximum absolute atomic E-state index is 2.70. The lowest BCUT2D eigenvalue weighted by atomic mass is 9.43. The van der Waals surface area contributed by atoms with Crippen LogP contribution in [0.25, 0.3) is 87.2 Å². The first-order valence-corrected chi connectivity index (χ1v) is 20.3. The second-order valence-corrected chi connectivity index (χ2v) is 17.2. The van der Waals surface area contributed by atoms with Crippen molar-refractivity contribution in [3.05, 3.63) is 169 Å². The van der Waals surface area contributed by atoms with E-state index >= 15 is 0 Å². The Bertz CT molecular complexity index is 2980. The van der Waals surface area contributed by atoms with Crippen molar-refractivity contribution in [2.45, 2.75) is 37.5 Å². The average molecular weight is 689 g/mol. The zero-order chi connectivity index (χ0) is 35.1. The monoisotopic (exact) mass is 688 g/mol. The van der Waals surface area contributed by atoms with Crippen molar-refractivity contribution in [1.29, 1.82) is 0 Å². The standard InChI is InChI=1S/C54H40/c1-3-12-39-34(10-1)20-23-42-41(39)18-9-19-44(42)52-47-16-7-5-14-45(47)51(46-15-6-8-17-48(46)52)36-22-24-43-49-25-21-35-11-2-4-13-40(35)53(49)54(50(43)31-36)37-27-32-26-33(29-37)30-38(54)28-32/h1-25,31-33,37-38H,26-30H2. The third-order valence-corrected chi connectivity index (χ3v) is 14.8. The first-order valence-electron chi connectivity index (χ1n) is 20.3. The molecule has 4 bridgehead atoms. The lowest BCUT2D eigenvalue weighted by Gasteiger charge is -2.61. The van der Waals surface area contributed by atoms with Gasteiger partial charge in [0.25, 0.3) is 0 Å². The second-order valence-electron chi connectivity index (χ2n) is 17.2. The minimum atomic E-state index is 0.0895. The van der Waals surface area contributed by atoms with E-state index in [0.29, 0.717) is 11.8 Å². The smallest absolute Gasteiger partial charge is 0.0278 e.